The molecule has 2 fully saturated rings. The minimum absolute atomic E-state index is 0.449. The van der Waals surface area contributed by atoms with E-state index in [1.54, 1.807) is 7.05 Å². The lowest BCUT2D eigenvalue weighted by atomic mass is 10.4. The van der Waals surface area contributed by atoms with Crippen molar-refractivity contribution >= 4 is 10.0 Å². The Hall–Kier alpha value is -0.850. The molecule has 2 aliphatic rings. The third kappa shape index (κ3) is 3.33. The smallest absolute Gasteiger partial charge is 0.244 e. The predicted molar refractivity (Wildman–Crippen MR) is 82.6 cm³/mol. The summed E-state index contributed by atoms with van der Waals surface area (Å²) in [5.41, 5.74) is 1.08. The van der Waals surface area contributed by atoms with Gasteiger partial charge in [-0.15, -0.1) is 0 Å². The van der Waals surface area contributed by atoms with Gasteiger partial charge in [0.2, 0.25) is 10.0 Å². The number of rotatable bonds is 8. The Morgan fingerprint density at radius 1 is 1.33 bits per heavy atom. The number of sulfonamides is 1. The Morgan fingerprint density at radius 2 is 2.05 bits per heavy atom. The first-order valence-electron chi connectivity index (χ1n) is 7.90. The molecule has 0 atom stereocenters. The number of nitrogens with zero attached hydrogens (tertiary/aromatic N) is 2. The lowest BCUT2D eigenvalue weighted by Gasteiger charge is -2.15. The SMILES string of the molecule is CCNCc1cc(S(=O)(=O)N(C)CC2CC2)cn1C1CC1. The topological polar surface area (TPSA) is 54.3 Å². The second kappa shape index (κ2) is 5.74. The second-order valence-corrected chi connectivity index (χ2v) is 8.36. The maximum Gasteiger partial charge on any atom is 0.244 e. The molecule has 3 rings (SSSR count). The van der Waals surface area contributed by atoms with Gasteiger partial charge in [0.15, 0.2) is 0 Å². The zero-order valence-electron chi connectivity index (χ0n) is 12.9. The quantitative estimate of drug-likeness (QED) is 0.798. The fourth-order valence-corrected chi connectivity index (χ4v) is 3.97. The van der Waals surface area contributed by atoms with Crippen molar-refractivity contribution in [1.29, 1.82) is 0 Å². The van der Waals surface area contributed by atoms with E-state index >= 15 is 0 Å². The first-order chi connectivity index (χ1) is 10.0. The van der Waals surface area contributed by atoms with Gasteiger partial charge in [0.25, 0.3) is 0 Å². The largest absolute Gasteiger partial charge is 0.346 e. The normalized spacial score (nSPS) is 19.4. The molecular weight excluding hydrogens is 286 g/mol. The van der Waals surface area contributed by atoms with Crippen LogP contribution >= 0.6 is 0 Å². The molecule has 1 N–H and O–H groups in total. The molecule has 1 aromatic rings. The van der Waals surface area contributed by atoms with Crippen molar-refractivity contribution in [2.24, 2.45) is 5.92 Å². The lowest BCUT2D eigenvalue weighted by Crippen LogP contribution is -2.28. The summed E-state index contributed by atoms with van der Waals surface area (Å²) in [5.74, 6) is 0.566. The Morgan fingerprint density at radius 3 is 2.62 bits per heavy atom. The van der Waals surface area contributed by atoms with E-state index in [1.165, 1.54) is 4.31 Å². The van der Waals surface area contributed by atoms with Crippen molar-refractivity contribution in [2.45, 2.75) is 50.1 Å². The van der Waals surface area contributed by atoms with Crippen LogP contribution in [0.5, 0.6) is 0 Å². The molecule has 5 nitrogen and oxygen atoms in total. The van der Waals surface area contributed by atoms with E-state index in [2.05, 4.69) is 16.8 Å². The van der Waals surface area contributed by atoms with Gasteiger partial charge in [0.1, 0.15) is 4.90 Å². The molecule has 2 aliphatic carbocycles. The van der Waals surface area contributed by atoms with Crippen LogP contribution in [0.15, 0.2) is 17.2 Å². The maximum atomic E-state index is 12.7. The van der Waals surface area contributed by atoms with Gasteiger partial charge < -0.3 is 9.88 Å². The summed E-state index contributed by atoms with van der Waals surface area (Å²) in [5, 5.41) is 3.29. The molecule has 1 aromatic heterocycles. The van der Waals surface area contributed by atoms with Gasteiger partial charge in [-0.05, 0) is 44.2 Å². The fourth-order valence-electron chi connectivity index (χ4n) is 2.67. The summed E-state index contributed by atoms with van der Waals surface area (Å²) in [7, 11) is -1.64. The molecule has 0 radical (unpaired) electrons. The number of nitrogens with one attached hydrogen (secondary N) is 1. The molecule has 0 amide bonds. The number of hydrogen-bond acceptors (Lipinski definition) is 3. The van der Waals surface area contributed by atoms with E-state index in [1.807, 2.05) is 12.3 Å². The second-order valence-electron chi connectivity index (χ2n) is 6.31. The molecule has 1 heterocycles. The summed E-state index contributed by atoms with van der Waals surface area (Å²) >= 11 is 0. The van der Waals surface area contributed by atoms with Crippen LogP contribution < -0.4 is 5.32 Å². The van der Waals surface area contributed by atoms with Crippen LogP contribution in [0.25, 0.3) is 0 Å². The van der Waals surface area contributed by atoms with Gasteiger partial charge in [-0.1, -0.05) is 6.92 Å². The van der Waals surface area contributed by atoms with E-state index < -0.39 is 10.0 Å². The van der Waals surface area contributed by atoms with Gasteiger partial charge in [0, 0.05) is 38.1 Å². The molecule has 118 valence electrons. The van der Waals surface area contributed by atoms with E-state index in [0.29, 0.717) is 23.4 Å². The van der Waals surface area contributed by atoms with Crippen molar-refractivity contribution < 1.29 is 8.42 Å². The van der Waals surface area contributed by atoms with Crippen LogP contribution in [-0.4, -0.2) is 37.4 Å². The van der Waals surface area contributed by atoms with Crippen LogP contribution in [0, 0.1) is 5.92 Å². The highest BCUT2D eigenvalue weighted by Crippen LogP contribution is 2.38. The van der Waals surface area contributed by atoms with Gasteiger partial charge in [-0.3, -0.25) is 0 Å². The van der Waals surface area contributed by atoms with E-state index in [0.717, 1.165) is 44.5 Å². The predicted octanol–water partition coefficient (Wildman–Crippen LogP) is 1.96. The van der Waals surface area contributed by atoms with Crippen molar-refractivity contribution in [3.05, 3.63) is 18.0 Å². The summed E-state index contributed by atoms with van der Waals surface area (Å²) in [6.07, 6.45) is 6.47. The molecule has 21 heavy (non-hydrogen) atoms. The van der Waals surface area contributed by atoms with Crippen molar-refractivity contribution in [3.8, 4) is 0 Å². The molecular formula is C15H25N3O2S. The zero-order chi connectivity index (χ0) is 15.0. The molecule has 0 unspecified atom stereocenters. The minimum atomic E-state index is -3.34. The van der Waals surface area contributed by atoms with Gasteiger partial charge in [0.05, 0.1) is 0 Å². The Kier molecular flexibility index (Phi) is 4.12. The average molecular weight is 311 g/mol. The first kappa shape index (κ1) is 15.1. The standard InChI is InChI=1S/C15H25N3O2S/c1-3-16-9-14-8-15(11-18(14)13-6-7-13)21(19,20)17(2)10-12-4-5-12/h8,11-13,16H,3-7,9-10H2,1-2H3. The molecule has 0 aliphatic heterocycles. The highest BCUT2D eigenvalue weighted by molar-refractivity contribution is 7.89. The Bertz CT molecular complexity index is 600. The molecule has 0 bridgehead atoms. The van der Waals surface area contributed by atoms with Crippen molar-refractivity contribution in [3.63, 3.8) is 0 Å². The van der Waals surface area contributed by atoms with E-state index in [9.17, 15) is 8.42 Å². The van der Waals surface area contributed by atoms with E-state index in [-0.39, 0.29) is 0 Å². The monoisotopic (exact) mass is 311 g/mol. The van der Waals surface area contributed by atoms with Crippen LogP contribution in [0.2, 0.25) is 0 Å². The molecule has 6 heteroatoms. The number of aromatic nitrogens is 1. The highest BCUT2D eigenvalue weighted by atomic mass is 32.2. The summed E-state index contributed by atoms with van der Waals surface area (Å²) < 4.78 is 29.0. The van der Waals surface area contributed by atoms with Crippen LogP contribution in [0.1, 0.15) is 44.3 Å². The first-order valence-corrected chi connectivity index (χ1v) is 9.34. The van der Waals surface area contributed by atoms with Gasteiger partial charge in [-0.2, -0.15) is 0 Å². The third-order valence-electron chi connectivity index (χ3n) is 4.32. The van der Waals surface area contributed by atoms with Crippen LogP contribution in [0.4, 0.5) is 0 Å². The summed E-state index contributed by atoms with van der Waals surface area (Å²) in [6, 6.07) is 2.34. The molecule has 2 saturated carbocycles. The van der Waals surface area contributed by atoms with Crippen LogP contribution in [0.3, 0.4) is 0 Å². The van der Waals surface area contributed by atoms with Crippen LogP contribution in [-0.2, 0) is 16.6 Å². The minimum Gasteiger partial charge on any atom is -0.346 e. The third-order valence-corrected chi connectivity index (χ3v) is 6.11. The fraction of sp³-hybridized carbons (Fsp3) is 0.733. The molecule has 0 aromatic carbocycles. The van der Waals surface area contributed by atoms with Gasteiger partial charge in [-0.25, -0.2) is 12.7 Å². The average Bonchev–Trinajstić information content (AvgIpc) is 3.36. The highest BCUT2D eigenvalue weighted by Gasteiger charge is 2.32. The summed E-state index contributed by atoms with van der Waals surface area (Å²) in [4.78, 5) is 0.449. The Labute approximate surface area is 127 Å². The van der Waals surface area contributed by atoms with Crippen molar-refractivity contribution in [1.82, 2.24) is 14.2 Å². The summed E-state index contributed by atoms with van der Waals surface area (Å²) in [6.45, 7) is 4.33. The molecule has 0 spiro atoms. The Balaban J connectivity index is 1.82. The van der Waals surface area contributed by atoms with E-state index in [4.69, 9.17) is 0 Å². The molecule has 0 saturated heterocycles. The van der Waals surface area contributed by atoms with Crippen molar-refractivity contribution in [2.75, 3.05) is 20.1 Å². The number of hydrogen-bond donors (Lipinski definition) is 1. The zero-order valence-corrected chi connectivity index (χ0v) is 13.7. The lowest BCUT2D eigenvalue weighted by molar-refractivity contribution is 0.452. The maximum absolute atomic E-state index is 12.7. The van der Waals surface area contributed by atoms with Gasteiger partial charge >= 0.3 is 0 Å².